The molecule has 1 unspecified atom stereocenters. The van der Waals surface area contributed by atoms with Gasteiger partial charge in [0.1, 0.15) is 0 Å². The predicted octanol–water partition coefficient (Wildman–Crippen LogP) is 3.00. The van der Waals surface area contributed by atoms with Crippen molar-refractivity contribution in [2.75, 3.05) is 13.1 Å². The molecule has 1 aliphatic heterocycles. The number of hydrogen-bond acceptors (Lipinski definition) is 1. The number of alkyl halides is 3. The maximum atomic E-state index is 11.9. The summed E-state index contributed by atoms with van der Waals surface area (Å²) in [7, 11) is 0. The van der Waals surface area contributed by atoms with Crippen molar-refractivity contribution in [3.63, 3.8) is 0 Å². The zero-order valence-corrected chi connectivity index (χ0v) is 10.1. The van der Waals surface area contributed by atoms with Crippen LogP contribution in [0.4, 0.5) is 13.2 Å². The number of hydrogen-bond donors (Lipinski definition) is 0. The van der Waals surface area contributed by atoms with Crippen molar-refractivity contribution in [1.29, 1.82) is 0 Å². The number of piperidine rings is 1. The maximum absolute atomic E-state index is 11.9. The summed E-state index contributed by atoms with van der Waals surface area (Å²) in [6, 6.07) is 0. The van der Waals surface area contributed by atoms with Crippen LogP contribution < -0.4 is 0 Å². The van der Waals surface area contributed by atoms with Gasteiger partial charge in [-0.15, -0.1) is 0 Å². The lowest BCUT2D eigenvalue weighted by molar-refractivity contribution is -0.128. The van der Waals surface area contributed by atoms with Crippen molar-refractivity contribution in [3.8, 4) is 0 Å². The summed E-state index contributed by atoms with van der Waals surface area (Å²) < 4.78 is 35.8. The Morgan fingerprint density at radius 3 is 2.59 bits per heavy atom. The van der Waals surface area contributed by atoms with Crippen LogP contribution in [0.5, 0.6) is 0 Å². The number of likely N-dealkylation sites (tertiary alicyclic amines) is 1. The molecule has 0 aromatic carbocycles. The first-order valence-electron chi connectivity index (χ1n) is 5.84. The van der Waals surface area contributed by atoms with E-state index in [-0.39, 0.29) is 6.08 Å². The smallest absolute Gasteiger partial charge is 0.339 e. The number of nitrogens with zero attached hydrogens (tertiary/aromatic N) is 1. The zero-order valence-electron chi connectivity index (χ0n) is 10.1. The Labute approximate surface area is 99.5 Å². The highest BCUT2D eigenvalue weighted by atomic mass is 19.4. The molecule has 2 nitrogen and oxygen atoms in total. The molecule has 0 bridgehead atoms. The first kappa shape index (κ1) is 14.1. The van der Waals surface area contributed by atoms with Gasteiger partial charge >= 0.3 is 6.18 Å². The normalized spacial score (nSPS) is 22.5. The lowest BCUT2D eigenvalue weighted by Gasteiger charge is -2.34. The third-order valence-corrected chi connectivity index (χ3v) is 3.13. The summed E-state index contributed by atoms with van der Waals surface area (Å²) in [6.45, 7) is 5.28. The molecule has 1 atom stereocenters. The van der Waals surface area contributed by atoms with Crippen molar-refractivity contribution < 1.29 is 18.0 Å². The molecule has 1 fully saturated rings. The molecule has 1 aliphatic rings. The molecule has 0 aromatic rings. The van der Waals surface area contributed by atoms with E-state index in [1.54, 1.807) is 0 Å². The van der Waals surface area contributed by atoms with Crippen LogP contribution in [0.1, 0.15) is 26.7 Å². The van der Waals surface area contributed by atoms with Crippen molar-refractivity contribution in [1.82, 2.24) is 4.90 Å². The lowest BCUT2D eigenvalue weighted by atomic mass is 9.88. The van der Waals surface area contributed by atoms with Gasteiger partial charge in [-0.05, 0) is 24.7 Å². The second kappa shape index (κ2) is 5.56. The van der Waals surface area contributed by atoms with E-state index in [9.17, 15) is 18.0 Å². The summed E-state index contributed by atoms with van der Waals surface area (Å²) in [5.74, 6) is 0.317. The lowest BCUT2D eigenvalue weighted by Crippen LogP contribution is -2.40. The van der Waals surface area contributed by atoms with E-state index in [1.165, 1.54) is 4.90 Å². The summed E-state index contributed by atoms with van der Waals surface area (Å²) in [6.07, 6.45) is -1.86. The molecule has 0 aliphatic carbocycles. The summed E-state index contributed by atoms with van der Waals surface area (Å²) >= 11 is 0. The van der Waals surface area contributed by atoms with Gasteiger partial charge in [0.2, 0.25) is 5.91 Å². The number of allylic oxidation sites excluding steroid dienone is 1. The highest BCUT2D eigenvalue weighted by Gasteiger charge is 2.26. The van der Waals surface area contributed by atoms with Gasteiger partial charge in [-0.2, -0.15) is 13.2 Å². The van der Waals surface area contributed by atoms with Crippen molar-refractivity contribution in [3.05, 3.63) is 12.2 Å². The van der Waals surface area contributed by atoms with Gasteiger partial charge in [0.25, 0.3) is 0 Å². The number of carbonyl (C=O) groups excluding carboxylic acids is 1. The number of rotatable bonds is 2. The number of carbonyl (C=O) groups is 1. The Bertz CT molecular complexity index is 297. The van der Waals surface area contributed by atoms with E-state index >= 15 is 0 Å². The van der Waals surface area contributed by atoms with Crippen LogP contribution in [0.3, 0.4) is 0 Å². The first-order chi connectivity index (χ1) is 7.79. The largest absolute Gasteiger partial charge is 0.409 e. The third-order valence-electron chi connectivity index (χ3n) is 3.13. The molecule has 0 saturated carbocycles. The number of halogens is 3. The summed E-state index contributed by atoms with van der Waals surface area (Å²) in [5.41, 5.74) is 0. The van der Waals surface area contributed by atoms with Crippen LogP contribution in [0.25, 0.3) is 0 Å². The fraction of sp³-hybridized carbons (Fsp3) is 0.750. The fourth-order valence-corrected chi connectivity index (χ4v) is 2.03. The highest BCUT2D eigenvalue weighted by molar-refractivity contribution is 5.87. The van der Waals surface area contributed by atoms with E-state index in [4.69, 9.17) is 0 Å². The van der Waals surface area contributed by atoms with E-state index in [0.29, 0.717) is 31.0 Å². The van der Waals surface area contributed by atoms with Crippen LogP contribution in [0.2, 0.25) is 0 Å². The predicted molar refractivity (Wildman–Crippen MR) is 59.3 cm³/mol. The third kappa shape index (κ3) is 4.79. The molecule has 1 amide bonds. The van der Waals surface area contributed by atoms with Gasteiger partial charge in [0, 0.05) is 25.2 Å². The quantitative estimate of drug-likeness (QED) is 0.689. The van der Waals surface area contributed by atoms with Gasteiger partial charge in [0.05, 0.1) is 0 Å². The minimum Gasteiger partial charge on any atom is -0.339 e. The van der Waals surface area contributed by atoms with Crippen LogP contribution in [-0.2, 0) is 4.79 Å². The van der Waals surface area contributed by atoms with E-state index in [2.05, 4.69) is 13.8 Å². The molecule has 17 heavy (non-hydrogen) atoms. The Morgan fingerprint density at radius 1 is 1.41 bits per heavy atom. The van der Waals surface area contributed by atoms with Gasteiger partial charge < -0.3 is 4.90 Å². The van der Waals surface area contributed by atoms with Gasteiger partial charge in [-0.25, -0.2) is 0 Å². The molecule has 1 saturated heterocycles. The van der Waals surface area contributed by atoms with Gasteiger partial charge in [0.15, 0.2) is 0 Å². The molecule has 0 N–H and O–H groups in total. The molecule has 5 heteroatoms. The Balaban J connectivity index is 2.55. The van der Waals surface area contributed by atoms with Crippen molar-refractivity contribution >= 4 is 5.91 Å². The number of amides is 1. The maximum Gasteiger partial charge on any atom is 0.409 e. The molecule has 0 aromatic heterocycles. The average molecular weight is 249 g/mol. The Hall–Kier alpha value is -1.00. The van der Waals surface area contributed by atoms with Gasteiger partial charge in [-0.3, -0.25) is 4.79 Å². The van der Waals surface area contributed by atoms with E-state index in [0.717, 1.165) is 12.8 Å². The van der Waals surface area contributed by atoms with E-state index in [1.807, 2.05) is 0 Å². The van der Waals surface area contributed by atoms with E-state index < -0.39 is 12.1 Å². The SMILES string of the molecule is CC(C)C1CCCN(C(=O)/C=C/C(F)(F)F)C1. The van der Waals surface area contributed by atoms with Crippen LogP contribution >= 0.6 is 0 Å². The Kier molecular flexibility index (Phi) is 4.60. The second-order valence-electron chi connectivity index (χ2n) is 4.81. The van der Waals surface area contributed by atoms with Crippen molar-refractivity contribution in [2.45, 2.75) is 32.9 Å². The van der Waals surface area contributed by atoms with Crippen molar-refractivity contribution in [2.24, 2.45) is 11.8 Å². The highest BCUT2D eigenvalue weighted by Crippen LogP contribution is 2.24. The zero-order chi connectivity index (χ0) is 13.1. The summed E-state index contributed by atoms with van der Waals surface area (Å²) in [4.78, 5) is 13.1. The summed E-state index contributed by atoms with van der Waals surface area (Å²) in [5, 5.41) is 0. The second-order valence-corrected chi connectivity index (χ2v) is 4.81. The first-order valence-corrected chi connectivity index (χ1v) is 5.84. The molecular weight excluding hydrogens is 231 g/mol. The molecule has 0 radical (unpaired) electrons. The average Bonchev–Trinajstić information content (AvgIpc) is 2.25. The molecule has 98 valence electrons. The molecular formula is C12H18F3NO. The van der Waals surface area contributed by atoms with Gasteiger partial charge in [-0.1, -0.05) is 13.8 Å². The Morgan fingerprint density at radius 2 is 2.06 bits per heavy atom. The standard InChI is InChI=1S/C12H18F3NO/c1-9(2)10-4-3-7-16(8-10)11(17)5-6-12(13,14)15/h5-6,9-10H,3-4,7-8H2,1-2H3/b6-5+. The van der Waals surface area contributed by atoms with Crippen LogP contribution in [0.15, 0.2) is 12.2 Å². The van der Waals surface area contributed by atoms with Crippen LogP contribution in [-0.4, -0.2) is 30.1 Å². The molecule has 1 rings (SSSR count). The van der Waals surface area contributed by atoms with Crippen LogP contribution in [0, 0.1) is 11.8 Å². The minimum atomic E-state index is -4.41. The molecule has 0 spiro atoms. The molecule has 1 heterocycles. The topological polar surface area (TPSA) is 20.3 Å². The minimum absolute atomic E-state index is 0.00825. The fourth-order valence-electron chi connectivity index (χ4n) is 2.03. The monoisotopic (exact) mass is 249 g/mol.